The molecule has 1 atom stereocenters. The number of fused-ring (bicyclic) bond motifs is 1. The SMILES string of the molecule is CC1=CC2C(=O)CCCS/C2=C/C/C=C(/CCN=[N+]=[N-])C1. The van der Waals surface area contributed by atoms with Crippen LogP contribution in [0.3, 0.4) is 0 Å². The topological polar surface area (TPSA) is 65.8 Å². The summed E-state index contributed by atoms with van der Waals surface area (Å²) < 4.78 is 0. The van der Waals surface area contributed by atoms with Gasteiger partial charge in [0.05, 0.1) is 5.92 Å². The first-order chi connectivity index (χ1) is 10.2. The van der Waals surface area contributed by atoms with Gasteiger partial charge in [-0.2, -0.15) is 0 Å². The number of rotatable bonds is 3. The highest BCUT2D eigenvalue weighted by molar-refractivity contribution is 8.03. The molecule has 5 heteroatoms. The van der Waals surface area contributed by atoms with Gasteiger partial charge >= 0.3 is 0 Å². The highest BCUT2D eigenvalue weighted by Crippen LogP contribution is 2.34. The number of hydrogen-bond donors (Lipinski definition) is 0. The number of azide groups is 1. The van der Waals surface area contributed by atoms with Gasteiger partial charge in [-0.3, -0.25) is 4.79 Å². The predicted octanol–water partition coefficient (Wildman–Crippen LogP) is 4.95. The van der Waals surface area contributed by atoms with E-state index in [1.54, 1.807) is 0 Å². The Morgan fingerprint density at radius 1 is 1.48 bits per heavy atom. The van der Waals surface area contributed by atoms with Gasteiger partial charge in [-0.05, 0) is 48.8 Å². The van der Waals surface area contributed by atoms with Gasteiger partial charge in [0.15, 0.2) is 0 Å². The van der Waals surface area contributed by atoms with E-state index in [-0.39, 0.29) is 5.92 Å². The Morgan fingerprint density at radius 2 is 2.33 bits per heavy atom. The van der Waals surface area contributed by atoms with Crippen molar-refractivity contribution in [2.75, 3.05) is 12.3 Å². The van der Waals surface area contributed by atoms with Crippen molar-refractivity contribution in [2.24, 2.45) is 11.0 Å². The first-order valence-corrected chi connectivity index (χ1v) is 8.41. The first-order valence-electron chi connectivity index (χ1n) is 7.42. The summed E-state index contributed by atoms with van der Waals surface area (Å²) in [6, 6.07) is 0. The molecule has 4 nitrogen and oxygen atoms in total. The maximum Gasteiger partial charge on any atom is 0.144 e. The summed E-state index contributed by atoms with van der Waals surface area (Å²) in [7, 11) is 0. The number of Topliss-reactive ketones (excluding diaryl/α,β-unsaturated/α-hetero) is 1. The van der Waals surface area contributed by atoms with E-state index < -0.39 is 0 Å². The summed E-state index contributed by atoms with van der Waals surface area (Å²) in [5.41, 5.74) is 10.9. The zero-order chi connectivity index (χ0) is 15.1. The third-order valence-electron chi connectivity index (χ3n) is 3.77. The van der Waals surface area contributed by atoms with Crippen molar-refractivity contribution in [3.05, 3.63) is 44.7 Å². The Bertz CT molecular complexity index is 542. The molecule has 0 aromatic rings. The molecular weight excluding hydrogens is 282 g/mol. The molecule has 1 unspecified atom stereocenters. The van der Waals surface area contributed by atoms with Gasteiger partial charge < -0.3 is 0 Å². The van der Waals surface area contributed by atoms with E-state index >= 15 is 0 Å². The van der Waals surface area contributed by atoms with Gasteiger partial charge in [-0.25, -0.2) is 0 Å². The average Bonchev–Trinajstić information content (AvgIpc) is 2.57. The van der Waals surface area contributed by atoms with Crippen LogP contribution in [-0.2, 0) is 4.79 Å². The Kier molecular flexibility index (Phi) is 6.15. The molecule has 0 aromatic carbocycles. The number of ketones is 1. The Balaban J connectivity index is 2.20. The van der Waals surface area contributed by atoms with Crippen molar-refractivity contribution < 1.29 is 4.79 Å². The van der Waals surface area contributed by atoms with E-state index in [2.05, 4.69) is 35.2 Å². The highest BCUT2D eigenvalue weighted by Gasteiger charge is 2.24. The fourth-order valence-corrected chi connectivity index (χ4v) is 3.86. The second kappa shape index (κ2) is 8.11. The lowest BCUT2D eigenvalue weighted by Crippen LogP contribution is -2.12. The number of carbonyl (C=O) groups is 1. The second-order valence-electron chi connectivity index (χ2n) is 5.49. The minimum Gasteiger partial charge on any atom is -0.299 e. The minimum atomic E-state index is -0.0395. The zero-order valence-electron chi connectivity index (χ0n) is 12.4. The third kappa shape index (κ3) is 4.80. The second-order valence-corrected chi connectivity index (χ2v) is 6.66. The van der Waals surface area contributed by atoms with Crippen LogP contribution in [0.1, 0.15) is 39.0 Å². The van der Waals surface area contributed by atoms with Gasteiger partial charge in [0.1, 0.15) is 5.78 Å². The van der Waals surface area contributed by atoms with Crippen LogP contribution in [0.2, 0.25) is 0 Å². The summed E-state index contributed by atoms with van der Waals surface area (Å²) in [5.74, 6) is 1.35. The smallest absolute Gasteiger partial charge is 0.144 e. The van der Waals surface area contributed by atoms with E-state index in [0.717, 1.165) is 31.4 Å². The summed E-state index contributed by atoms with van der Waals surface area (Å²) in [6.07, 6.45) is 10.8. The van der Waals surface area contributed by atoms with E-state index in [1.807, 2.05) is 11.8 Å². The van der Waals surface area contributed by atoms with Crippen LogP contribution in [0.4, 0.5) is 0 Å². The van der Waals surface area contributed by atoms with E-state index in [1.165, 1.54) is 16.1 Å². The third-order valence-corrected chi connectivity index (χ3v) is 5.02. The molecule has 2 aliphatic rings. The summed E-state index contributed by atoms with van der Waals surface area (Å²) in [4.78, 5) is 16.3. The minimum absolute atomic E-state index is 0.0395. The molecule has 1 heterocycles. The van der Waals surface area contributed by atoms with Gasteiger partial charge in [0, 0.05) is 17.9 Å². The zero-order valence-corrected chi connectivity index (χ0v) is 13.2. The van der Waals surface area contributed by atoms with Crippen molar-refractivity contribution in [3.63, 3.8) is 0 Å². The van der Waals surface area contributed by atoms with E-state index in [9.17, 15) is 4.79 Å². The normalized spacial score (nSPS) is 28.1. The molecule has 0 amide bonds. The fourth-order valence-electron chi connectivity index (χ4n) is 2.75. The lowest BCUT2D eigenvalue weighted by molar-refractivity contribution is -0.120. The number of nitrogens with zero attached hydrogens (tertiary/aromatic N) is 3. The number of carbonyl (C=O) groups excluding carboxylic acids is 1. The van der Waals surface area contributed by atoms with Crippen molar-refractivity contribution in [2.45, 2.75) is 39.0 Å². The van der Waals surface area contributed by atoms with Crippen LogP contribution in [0.25, 0.3) is 10.4 Å². The lowest BCUT2D eigenvalue weighted by Gasteiger charge is -2.13. The van der Waals surface area contributed by atoms with Crippen LogP contribution in [0.5, 0.6) is 0 Å². The van der Waals surface area contributed by atoms with Crippen molar-refractivity contribution in [1.82, 2.24) is 0 Å². The van der Waals surface area contributed by atoms with Crippen LogP contribution < -0.4 is 0 Å². The number of hydrogen-bond acceptors (Lipinski definition) is 3. The summed E-state index contributed by atoms with van der Waals surface area (Å²) in [5, 5.41) is 3.61. The fraction of sp³-hybridized carbons (Fsp3) is 0.562. The monoisotopic (exact) mass is 303 g/mol. The molecule has 0 N–H and O–H groups in total. The Morgan fingerprint density at radius 3 is 3.14 bits per heavy atom. The quantitative estimate of drug-likeness (QED) is 0.320. The van der Waals surface area contributed by atoms with Gasteiger partial charge in [-0.1, -0.05) is 34.5 Å². The molecule has 0 spiro atoms. The van der Waals surface area contributed by atoms with Crippen LogP contribution in [-0.4, -0.2) is 18.1 Å². The molecule has 0 saturated carbocycles. The maximum atomic E-state index is 12.3. The molecule has 1 saturated heterocycles. The molecule has 112 valence electrons. The first kappa shape index (κ1) is 15.9. The molecule has 2 rings (SSSR count). The Hall–Kier alpha value is -1.45. The lowest BCUT2D eigenvalue weighted by atomic mass is 9.95. The van der Waals surface area contributed by atoms with Crippen molar-refractivity contribution in [3.8, 4) is 0 Å². The number of thioether (sulfide) groups is 1. The molecule has 1 fully saturated rings. The van der Waals surface area contributed by atoms with Crippen LogP contribution >= 0.6 is 11.8 Å². The molecule has 1 aliphatic carbocycles. The van der Waals surface area contributed by atoms with Crippen LogP contribution in [0.15, 0.2) is 39.4 Å². The van der Waals surface area contributed by atoms with Gasteiger partial charge in [-0.15, -0.1) is 11.8 Å². The molecule has 0 aromatic heterocycles. The molecular formula is C16H21N3OS. The summed E-state index contributed by atoms with van der Waals surface area (Å²) >= 11 is 1.83. The van der Waals surface area contributed by atoms with E-state index in [0.29, 0.717) is 18.7 Å². The molecule has 1 aliphatic heterocycles. The predicted molar refractivity (Wildman–Crippen MR) is 88.0 cm³/mol. The maximum absolute atomic E-state index is 12.3. The average molecular weight is 303 g/mol. The standard InChI is InChI=1S/C16H21N3OS/c1-12-10-13(7-8-18-19-17)4-2-6-16-14(11-12)15(20)5-3-9-21-16/h4,6,11,14H,2-3,5,7-10H2,1H3/b12-11?,13-4-,16-6+. The van der Waals surface area contributed by atoms with E-state index in [4.69, 9.17) is 5.53 Å². The van der Waals surface area contributed by atoms with Crippen molar-refractivity contribution >= 4 is 17.5 Å². The largest absolute Gasteiger partial charge is 0.299 e. The number of allylic oxidation sites excluding steroid dienone is 5. The molecule has 0 bridgehead atoms. The van der Waals surface area contributed by atoms with Crippen molar-refractivity contribution in [1.29, 1.82) is 0 Å². The summed E-state index contributed by atoms with van der Waals surface area (Å²) in [6.45, 7) is 2.59. The van der Waals surface area contributed by atoms with Crippen LogP contribution in [0, 0.1) is 5.92 Å². The molecule has 0 radical (unpaired) electrons. The van der Waals surface area contributed by atoms with Gasteiger partial charge in [0.2, 0.25) is 0 Å². The highest BCUT2D eigenvalue weighted by atomic mass is 32.2. The Labute approximate surface area is 130 Å². The van der Waals surface area contributed by atoms with Gasteiger partial charge in [0.25, 0.3) is 0 Å². The molecule has 21 heavy (non-hydrogen) atoms.